The van der Waals surface area contributed by atoms with E-state index < -0.39 is 5.97 Å². The number of aryl methyl sites for hydroxylation is 1. The summed E-state index contributed by atoms with van der Waals surface area (Å²) in [5.74, 6) is 0.852. The first-order valence-electron chi connectivity index (χ1n) is 10.3. The second-order valence-corrected chi connectivity index (χ2v) is 8.74. The highest BCUT2D eigenvalue weighted by molar-refractivity contribution is 7.99. The smallest absolute Gasteiger partial charge is 0.341 e. The normalized spacial score (nSPS) is 10.8. The number of ether oxygens (including phenoxy) is 2. The topological polar surface area (TPSA) is 95.3 Å². The molecule has 10 heteroatoms. The van der Waals surface area contributed by atoms with Gasteiger partial charge in [0.2, 0.25) is 5.91 Å². The largest absolute Gasteiger partial charge is 0.493 e. The number of thiophene rings is 1. The van der Waals surface area contributed by atoms with Crippen molar-refractivity contribution >= 4 is 40.0 Å². The van der Waals surface area contributed by atoms with Gasteiger partial charge in [-0.2, -0.15) is 0 Å². The Morgan fingerprint density at radius 2 is 1.94 bits per heavy atom. The van der Waals surface area contributed by atoms with Crippen LogP contribution in [0.2, 0.25) is 0 Å². The molecule has 1 amide bonds. The molecule has 0 spiro atoms. The van der Waals surface area contributed by atoms with Gasteiger partial charge in [-0.1, -0.05) is 30.8 Å². The number of nitrogens with one attached hydrogen (secondary N) is 1. The summed E-state index contributed by atoms with van der Waals surface area (Å²) in [4.78, 5) is 25.8. The van der Waals surface area contributed by atoms with Crippen LogP contribution in [0.25, 0.3) is 11.4 Å². The Hall–Kier alpha value is -2.85. The fourth-order valence-corrected chi connectivity index (χ4v) is 4.68. The Morgan fingerprint density at radius 3 is 2.66 bits per heavy atom. The van der Waals surface area contributed by atoms with Crippen molar-refractivity contribution < 1.29 is 19.1 Å². The molecule has 0 bridgehead atoms. The maximum Gasteiger partial charge on any atom is 0.341 e. The molecule has 32 heavy (non-hydrogen) atoms. The predicted octanol–water partition coefficient (Wildman–Crippen LogP) is 4.41. The zero-order valence-electron chi connectivity index (χ0n) is 18.5. The summed E-state index contributed by atoms with van der Waals surface area (Å²) in [7, 11) is 1.85. The van der Waals surface area contributed by atoms with Gasteiger partial charge in [-0.15, -0.1) is 21.5 Å². The number of carbonyl (C=O) groups excluding carboxylic acids is 2. The molecule has 2 aromatic heterocycles. The number of esters is 1. The summed E-state index contributed by atoms with van der Waals surface area (Å²) in [6, 6.07) is 9.41. The maximum atomic E-state index is 12.6. The van der Waals surface area contributed by atoms with E-state index in [-0.39, 0.29) is 18.3 Å². The van der Waals surface area contributed by atoms with Gasteiger partial charge in [0.25, 0.3) is 0 Å². The van der Waals surface area contributed by atoms with Crippen LogP contribution in [0.1, 0.15) is 36.0 Å². The molecular formula is C22H26N4O4S2. The van der Waals surface area contributed by atoms with Crippen molar-refractivity contribution in [2.45, 2.75) is 32.3 Å². The highest BCUT2D eigenvalue weighted by Crippen LogP contribution is 2.31. The standard InChI is InChI=1S/C22H26N4O4S2/c1-5-14-12-16(21(28)30-7-3)20(32-14)23-18(27)13-31-22-25-24-19(26(22)4)15-10-8-9-11-17(15)29-6-2/h8-12H,5-7,13H2,1-4H3,(H,23,27). The van der Waals surface area contributed by atoms with E-state index in [1.54, 1.807) is 13.0 Å². The van der Waals surface area contributed by atoms with Crippen molar-refractivity contribution in [3.05, 3.63) is 40.8 Å². The molecule has 8 nitrogen and oxygen atoms in total. The lowest BCUT2D eigenvalue weighted by molar-refractivity contribution is -0.113. The number of nitrogens with zero attached hydrogens (tertiary/aromatic N) is 3. The summed E-state index contributed by atoms with van der Waals surface area (Å²) in [5, 5.41) is 12.5. The molecule has 0 saturated heterocycles. The van der Waals surface area contributed by atoms with E-state index in [0.717, 1.165) is 22.6 Å². The number of aromatic nitrogens is 3. The van der Waals surface area contributed by atoms with Crippen LogP contribution < -0.4 is 10.1 Å². The second kappa shape index (κ2) is 11.1. The number of benzene rings is 1. The van der Waals surface area contributed by atoms with Gasteiger partial charge in [0, 0.05) is 11.9 Å². The number of para-hydroxylation sites is 1. The van der Waals surface area contributed by atoms with Crippen molar-refractivity contribution in [1.82, 2.24) is 14.8 Å². The van der Waals surface area contributed by atoms with Crippen LogP contribution in [0.5, 0.6) is 5.75 Å². The van der Waals surface area contributed by atoms with E-state index in [2.05, 4.69) is 15.5 Å². The average molecular weight is 475 g/mol. The van der Waals surface area contributed by atoms with Gasteiger partial charge in [-0.05, 0) is 38.5 Å². The minimum absolute atomic E-state index is 0.126. The van der Waals surface area contributed by atoms with Crippen LogP contribution in [-0.2, 0) is 23.0 Å². The van der Waals surface area contributed by atoms with Crippen LogP contribution >= 0.6 is 23.1 Å². The van der Waals surface area contributed by atoms with Gasteiger partial charge >= 0.3 is 5.97 Å². The van der Waals surface area contributed by atoms with E-state index in [1.807, 2.05) is 49.7 Å². The lowest BCUT2D eigenvalue weighted by Gasteiger charge is -2.09. The minimum atomic E-state index is -0.433. The number of carbonyl (C=O) groups is 2. The van der Waals surface area contributed by atoms with Crippen LogP contribution in [-0.4, -0.2) is 45.6 Å². The molecule has 3 rings (SSSR count). The molecule has 0 radical (unpaired) electrons. The van der Waals surface area contributed by atoms with Gasteiger partial charge in [-0.3, -0.25) is 4.79 Å². The molecular weight excluding hydrogens is 448 g/mol. The molecule has 0 fully saturated rings. The third-order valence-electron chi connectivity index (χ3n) is 4.47. The first kappa shape index (κ1) is 23.8. The molecule has 1 aromatic carbocycles. The summed E-state index contributed by atoms with van der Waals surface area (Å²) in [5.41, 5.74) is 1.23. The Bertz CT molecular complexity index is 1090. The zero-order valence-corrected chi connectivity index (χ0v) is 20.1. The molecule has 0 aliphatic rings. The molecule has 170 valence electrons. The number of hydrogen-bond donors (Lipinski definition) is 1. The second-order valence-electron chi connectivity index (χ2n) is 6.66. The fourth-order valence-electron chi connectivity index (χ4n) is 2.97. The third kappa shape index (κ3) is 5.49. The number of rotatable bonds is 10. The molecule has 1 N–H and O–H groups in total. The van der Waals surface area contributed by atoms with Crippen molar-refractivity contribution in [2.24, 2.45) is 7.05 Å². The van der Waals surface area contributed by atoms with E-state index in [4.69, 9.17) is 9.47 Å². The van der Waals surface area contributed by atoms with Crippen LogP contribution in [0.3, 0.4) is 0 Å². The molecule has 0 aliphatic carbocycles. The van der Waals surface area contributed by atoms with Crippen LogP contribution in [0, 0.1) is 0 Å². The van der Waals surface area contributed by atoms with E-state index in [0.29, 0.717) is 28.2 Å². The van der Waals surface area contributed by atoms with Crippen molar-refractivity contribution in [3.63, 3.8) is 0 Å². The summed E-state index contributed by atoms with van der Waals surface area (Å²) in [6.45, 7) is 6.50. The van der Waals surface area contributed by atoms with E-state index in [1.165, 1.54) is 23.1 Å². The maximum absolute atomic E-state index is 12.6. The Labute approximate surface area is 195 Å². The number of thioether (sulfide) groups is 1. The van der Waals surface area contributed by atoms with Crippen molar-refractivity contribution in [1.29, 1.82) is 0 Å². The lowest BCUT2D eigenvalue weighted by Crippen LogP contribution is -2.16. The lowest BCUT2D eigenvalue weighted by atomic mass is 10.2. The van der Waals surface area contributed by atoms with Gasteiger partial charge in [0.05, 0.1) is 30.1 Å². The monoisotopic (exact) mass is 474 g/mol. The fraction of sp³-hybridized carbons (Fsp3) is 0.364. The summed E-state index contributed by atoms with van der Waals surface area (Å²) in [6.07, 6.45) is 0.770. The van der Waals surface area contributed by atoms with E-state index in [9.17, 15) is 9.59 Å². The van der Waals surface area contributed by atoms with Crippen molar-refractivity contribution in [3.8, 4) is 17.1 Å². The first-order valence-corrected chi connectivity index (χ1v) is 12.1. The Kier molecular flexibility index (Phi) is 8.29. The van der Waals surface area contributed by atoms with Crippen molar-refractivity contribution in [2.75, 3.05) is 24.3 Å². The molecule has 0 atom stereocenters. The molecule has 3 aromatic rings. The van der Waals surface area contributed by atoms with Gasteiger partial charge in [-0.25, -0.2) is 4.79 Å². The van der Waals surface area contributed by atoms with Crippen LogP contribution in [0.15, 0.2) is 35.5 Å². The highest BCUT2D eigenvalue weighted by atomic mass is 32.2. The molecule has 2 heterocycles. The van der Waals surface area contributed by atoms with E-state index >= 15 is 0 Å². The molecule has 0 unspecified atom stereocenters. The summed E-state index contributed by atoms with van der Waals surface area (Å²) >= 11 is 2.66. The number of anilines is 1. The number of amides is 1. The molecule has 0 aliphatic heterocycles. The summed E-state index contributed by atoms with van der Waals surface area (Å²) < 4.78 is 12.6. The number of hydrogen-bond acceptors (Lipinski definition) is 8. The minimum Gasteiger partial charge on any atom is -0.493 e. The van der Waals surface area contributed by atoms with Crippen LogP contribution in [0.4, 0.5) is 5.00 Å². The Morgan fingerprint density at radius 1 is 1.16 bits per heavy atom. The van der Waals surface area contributed by atoms with Gasteiger partial charge < -0.3 is 19.4 Å². The SMILES string of the molecule is CCOC(=O)c1cc(CC)sc1NC(=O)CSc1nnc(-c2ccccc2OCC)n1C. The molecule has 0 saturated carbocycles. The third-order valence-corrected chi connectivity index (χ3v) is 6.69. The zero-order chi connectivity index (χ0) is 23.1. The highest BCUT2D eigenvalue weighted by Gasteiger charge is 2.20. The quantitative estimate of drug-likeness (QED) is 0.343. The average Bonchev–Trinajstić information content (AvgIpc) is 3.36. The predicted molar refractivity (Wildman–Crippen MR) is 127 cm³/mol. The Balaban J connectivity index is 1.69. The van der Waals surface area contributed by atoms with Gasteiger partial charge in [0.1, 0.15) is 10.8 Å². The van der Waals surface area contributed by atoms with Gasteiger partial charge in [0.15, 0.2) is 11.0 Å². The first-order chi connectivity index (χ1) is 15.5.